The van der Waals surface area contributed by atoms with Crippen LogP contribution in [0.5, 0.6) is 11.5 Å². The maximum Gasteiger partial charge on any atom is 0.261 e. The third kappa shape index (κ3) is 3.27. The van der Waals surface area contributed by atoms with Crippen LogP contribution in [0.2, 0.25) is 0 Å². The van der Waals surface area contributed by atoms with Gasteiger partial charge < -0.3 is 19.6 Å². The molecule has 0 aliphatic heterocycles. The number of hydrogen-bond donors (Lipinski definition) is 2. The van der Waals surface area contributed by atoms with E-state index in [0.29, 0.717) is 17.8 Å². The summed E-state index contributed by atoms with van der Waals surface area (Å²) in [4.78, 5) is 6.51. The molecule has 0 aliphatic rings. The minimum atomic E-state index is 0.00161. The quantitative estimate of drug-likeness (QED) is 0.786. The Morgan fingerprint density at radius 1 is 1.20 bits per heavy atom. The molecule has 0 radical (unpaired) electrons. The second-order valence-electron chi connectivity index (χ2n) is 4.49. The van der Waals surface area contributed by atoms with Gasteiger partial charge in [-0.2, -0.15) is 4.98 Å². The van der Waals surface area contributed by atoms with Gasteiger partial charge >= 0.3 is 0 Å². The molecule has 2 rings (SSSR count). The molecule has 2 aromatic rings. The molecule has 0 saturated carbocycles. The molecule has 0 fully saturated rings. The number of hydrogen-bond acceptors (Lipinski definition) is 6. The molecule has 108 valence electrons. The zero-order valence-corrected chi connectivity index (χ0v) is 11.7. The Balaban J connectivity index is 2.10. The van der Waals surface area contributed by atoms with Crippen molar-refractivity contribution in [3.63, 3.8) is 0 Å². The van der Waals surface area contributed by atoms with Crippen LogP contribution < -0.4 is 0 Å². The van der Waals surface area contributed by atoms with E-state index < -0.39 is 0 Å². The number of aromatic hydroxyl groups is 2. The van der Waals surface area contributed by atoms with Crippen molar-refractivity contribution >= 4 is 0 Å². The minimum absolute atomic E-state index is 0.00161. The van der Waals surface area contributed by atoms with E-state index in [1.807, 2.05) is 0 Å². The van der Waals surface area contributed by atoms with Gasteiger partial charge in [0.2, 0.25) is 0 Å². The molecule has 0 bridgehead atoms. The fourth-order valence-corrected chi connectivity index (χ4v) is 1.96. The third-order valence-electron chi connectivity index (χ3n) is 3.22. The van der Waals surface area contributed by atoms with Crippen molar-refractivity contribution in [1.29, 1.82) is 0 Å². The van der Waals surface area contributed by atoms with Crippen LogP contribution in [0, 0.1) is 0 Å². The molecule has 0 spiro atoms. The van der Waals surface area contributed by atoms with E-state index in [1.54, 1.807) is 0 Å². The van der Waals surface area contributed by atoms with Crippen LogP contribution in [0.4, 0.5) is 0 Å². The molecule has 0 amide bonds. The fraction of sp³-hybridized carbons (Fsp3) is 0.429. The summed E-state index contributed by atoms with van der Waals surface area (Å²) < 4.78 is 5.14. The molecular weight excluding hydrogens is 258 g/mol. The molecule has 0 aliphatic carbocycles. The molecule has 2 N–H and O–H groups in total. The van der Waals surface area contributed by atoms with E-state index in [9.17, 15) is 10.2 Å². The minimum Gasteiger partial charge on any atom is -0.508 e. The summed E-state index contributed by atoms with van der Waals surface area (Å²) in [5.41, 5.74) is 0.339. The number of nitrogens with zero attached hydrogens (tertiary/aromatic N) is 3. The number of benzene rings is 1. The molecule has 0 saturated heterocycles. The average Bonchev–Trinajstić information content (AvgIpc) is 2.91. The molecule has 20 heavy (non-hydrogen) atoms. The fourth-order valence-electron chi connectivity index (χ4n) is 1.96. The van der Waals surface area contributed by atoms with Gasteiger partial charge in [-0.1, -0.05) is 19.0 Å². The van der Waals surface area contributed by atoms with Crippen LogP contribution in [-0.4, -0.2) is 44.9 Å². The summed E-state index contributed by atoms with van der Waals surface area (Å²) in [7, 11) is 0. The Bertz CT molecular complexity index is 565. The average molecular weight is 277 g/mol. The van der Waals surface area contributed by atoms with Gasteiger partial charge in [-0.25, -0.2) is 0 Å². The first kappa shape index (κ1) is 14.3. The van der Waals surface area contributed by atoms with Crippen LogP contribution in [0.25, 0.3) is 11.5 Å². The predicted octanol–water partition coefficient (Wildman–Crippen LogP) is 2.03. The summed E-state index contributed by atoms with van der Waals surface area (Å²) >= 11 is 0. The largest absolute Gasteiger partial charge is 0.508 e. The normalized spacial score (nSPS) is 11.2. The second kappa shape index (κ2) is 6.38. The summed E-state index contributed by atoms with van der Waals surface area (Å²) in [6, 6.07) is 4.19. The lowest BCUT2D eigenvalue weighted by molar-refractivity contribution is 0.303. The Labute approximate surface area is 117 Å². The number of phenolic OH excluding ortho intramolecular Hbond substituents is 2. The summed E-state index contributed by atoms with van der Waals surface area (Å²) in [6.45, 7) is 7.03. The topological polar surface area (TPSA) is 82.6 Å². The number of phenols is 2. The van der Waals surface area contributed by atoms with Gasteiger partial charge in [-0.05, 0) is 31.3 Å². The first-order valence-corrected chi connectivity index (χ1v) is 6.71. The Morgan fingerprint density at radius 3 is 2.65 bits per heavy atom. The molecule has 1 heterocycles. The highest BCUT2D eigenvalue weighted by atomic mass is 16.5. The zero-order chi connectivity index (χ0) is 14.5. The highest BCUT2D eigenvalue weighted by molar-refractivity contribution is 5.64. The third-order valence-corrected chi connectivity index (χ3v) is 3.22. The molecule has 6 nitrogen and oxygen atoms in total. The Hall–Kier alpha value is -2.08. The Morgan fingerprint density at radius 2 is 1.95 bits per heavy atom. The van der Waals surface area contributed by atoms with E-state index in [-0.39, 0.29) is 17.4 Å². The van der Waals surface area contributed by atoms with Crippen molar-refractivity contribution in [3.8, 4) is 23.0 Å². The van der Waals surface area contributed by atoms with E-state index >= 15 is 0 Å². The van der Waals surface area contributed by atoms with E-state index in [2.05, 4.69) is 28.9 Å². The predicted molar refractivity (Wildman–Crippen MR) is 74.6 cm³/mol. The summed E-state index contributed by atoms with van der Waals surface area (Å²) in [5.74, 6) is 0.852. The molecule has 1 aromatic heterocycles. The molecular formula is C14H19N3O3. The number of rotatable bonds is 6. The standard InChI is InChI=1S/C14H19N3O3/c1-3-17(4-2)8-7-13-15-14(20-16-13)11-9-10(18)5-6-12(11)19/h5-6,9,18-19H,3-4,7-8H2,1-2H3. The summed E-state index contributed by atoms with van der Waals surface area (Å²) in [6.07, 6.45) is 0.685. The van der Waals surface area contributed by atoms with Crippen molar-refractivity contribution in [1.82, 2.24) is 15.0 Å². The number of likely N-dealkylation sites (N-methyl/N-ethyl adjacent to an activating group) is 1. The van der Waals surface area contributed by atoms with Crippen LogP contribution in [0.15, 0.2) is 22.7 Å². The van der Waals surface area contributed by atoms with Crippen LogP contribution in [0.3, 0.4) is 0 Å². The van der Waals surface area contributed by atoms with Crippen molar-refractivity contribution in [2.75, 3.05) is 19.6 Å². The maximum atomic E-state index is 9.74. The van der Waals surface area contributed by atoms with Crippen LogP contribution >= 0.6 is 0 Å². The van der Waals surface area contributed by atoms with E-state index in [4.69, 9.17) is 4.52 Å². The van der Waals surface area contributed by atoms with Crippen molar-refractivity contribution in [2.24, 2.45) is 0 Å². The lowest BCUT2D eigenvalue weighted by atomic mass is 10.2. The van der Waals surface area contributed by atoms with Gasteiger partial charge in [0, 0.05) is 13.0 Å². The Kier molecular flexibility index (Phi) is 4.57. The molecule has 0 atom stereocenters. The zero-order valence-electron chi connectivity index (χ0n) is 11.7. The van der Waals surface area contributed by atoms with Crippen molar-refractivity contribution in [3.05, 3.63) is 24.0 Å². The smallest absolute Gasteiger partial charge is 0.261 e. The maximum absolute atomic E-state index is 9.74. The van der Waals surface area contributed by atoms with Gasteiger partial charge in [0.15, 0.2) is 5.82 Å². The lowest BCUT2D eigenvalue weighted by Gasteiger charge is -2.16. The first-order valence-electron chi connectivity index (χ1n) is 6.71. The SMILES string of the molecule is CCN(CC)CCc1noc(-c2cc(O)ccc2O)n1. The van der Waals surface area contributed by atoms with Crippen LogP contribution in [-0.2, 0) is 6.42 Å². The molecule has 1 aromatic carbocycles. The van der Waals surface area contributed by atoms with Gasteiger partial charge in [-0.3, -0.25) is 0 Å². The van der Waals surface area contributed by atoms with Crippen molar-refractivity contribution in [2.45, 2.75) is 20.3 Å². The highest BCUT2D eigenvalue weighted by Gasteiger charge is 2.14. The molecule has 0 unspecified atom stereocenters. The lowest BCUT2D eigenvalue weighted by Crippen LogP contribution is -2.25. The molecule has 6 heteroatoms. The van der Waals surface area contributed by atoms with E-state index in [1.165, 1.54) is 18.2 Å². The van der Waals surface area contributed by atoms with Gasteiger partial charge in [-0.15, -0.1) is 0 Å². The van der Waals surface area contributed by atoms with Gasteiger partial charge in [0.25, 0.3) is 5.89 Å². The van der Waals surface area contributed by atoms with Crippen LogP contribution in [0.1, 0.15) is 19.7 Å². The number of aromatic nitrogens is 2. The highest BCUT2D eigenvalue weighted by Crippen LogP contribution is 2.30. The van der Waals surface area contributed by atoms with Gasteiger partial charge in [0.05, 0.1) is 5.56 Å². The second-order valence-corrected chi connectivity index (χ2v) is 4.49. The van der Waals surface area contributed by atoms with Crippen molar-refractivity contribution < 1.29 is 14.7 Å². The van der Waals surface area contributed by atoms with Gasteiger partial charge in [0.1, 0.15) is 11.5 Å². The van der Waals surface area contributed by atoms with E-state index in [0.717, 1.165) is 19.6 Å². The first-order chi connectivity index (χ1) is 9.63. The summed E-state index contributed by atoms with van der Waals surface area (Å²) in [5, 5.41) is 23.1. The monoisotopic (exact) mass is 277 g/mol.